The van der Waals surface area contributed by atoms with Crippen molar-refractivity contribution in [1.82, 2.24) is 0 Å². The Hall–Kier alpha value is 0.0977. The summed E-state index contributed by atoms with van der Waals surface area (Å²) in [5, 5.41) is 0. The molecule has 1 aromatic carbocycles. The van der Waals surface area contributed by atoms with Gasteiger partial charge in [0.05, 0.1) is 0 Å². The van der Waals surface area contributed by atoms with E-state index in [1.165, 1.54) is 5.56 Å². The molecule has 3 heteroatoms. The van der Waals surface area contributed by atoms with Crippen LogP contribution in [0, 0.1) is 0 Å². The molecule has 0 fully saturated rings. The van der Waals surface area contributed by atoms with Crippen LogP contribution in [0.4, 0.5) is 0 Å². The second-order valence-corrected chi connectivity index (χ2v) is 2.25. The Balaban J connectivity index is 0.000000605. The van der Waals surface area contributed by atoms with Gasteiger partial charge in [0.2, 0.25) is 0 Å². The maximum absolute atomic E-state index is 5.34. The topological polar surface area (TPSA) is 9.23 Å². The standard InChI is InChI=1S/C9H8O.Ti.Zn/c1-2-6-9-8(4-1)5-3-7-10-9;;/h1-6H,7H2;;. The van der Waals surface area contributed by atoms with E-state index in [4.69, 9.17) is 4.74 Å². The van der Waals surface area contributed by atoms with Gasteiger partial charge in [-0.05, 0) is 12.1 Å². The smallest absolute Gasteiger partial charge is 0.126 e. The van der Waals surface area contributed by atoms with Gasteiger partial charge in [0, 0.05) is 46.8 Å². The molecular formula is C9H8OTiZn. The Labute approximate surface area is 99.8 Å². The molecule has 0 N–H and O–H groups in total. The van der Waals surface area contributed by atoms with Gasteiger partial charge in [-0.3, -0.25) is 0 Å². The van der Waals surface area contributed by atoms with Gasteiger partial charge in [-0.15, -0.1) is 0 Å². The fourth-order valence-electron chi connectivity index (χ4n) is 1.06. The molecule has 56 valence electrons. The maximum Gasteiger partial charge on any atom is 0.126 e. The van der Waals surface area contributed by atoms with Crippen LogP contribution >= 0.6 is 0 Å². The van der Waals surface area contributed by atoms with Crippen molar-refractivity contribution < 1.29 is 45.9 Å². The van der Waals surface area contributed by atoms with E-state index in [2.05, 4.69) is 6.08 Å². The van der Waals surface area contributed by atoms with Crippen molar-refractivity contribution in [3.05, 3.63) is 35.9 Å². The molecule has 0 unspecified atom stereocenters. The van der Waals surface area contributed by atoms with Crippen LogP contribution in [-0.4, -0.2) is 6.61 Å². The molecule has 1 aromatic rings. The number of hydrogen-bond acceptors (Lipinski definition) is 1. The van der Waals surface area contributed by atoms with Crippen molar-refractivity contribution in [2.45, 2.75) is 0 Å². The first kappa shape index (κ1) is 12.1. The molecule has 1 nitrogen and oxygen atoms in total. The number of para-hydroxylation sites is 1. The van der Waals surface area contributed by atoms with E-state index < -0.39 is 0 Å². The van der Waals surface area contributed by atoms with E-state index in [9.17, 15) is 0 Å². The maximum atomic E-state index is 5.34. The third-order valence-corrected chi connectivity index (χ3v) is 1.55. The minimum absolute atomic E-state index is 0. The molecule has 0 atom stereocenters. The van der Waals surface area contributed by atoms with Crippen LogP contribution in [-0.2, 0) is 41.2 Å². The fraction of sp³-hybridized carbons (Fsp3) is 0.111. The van der Waals surface area contributed by atoms with Crippen LogP contribution < -0.4 is 4.74 Å². The molecule has 0 spiro atoms. The Morgan fingerprint density at radius 3 is 2.67 bits per heavy atom. The van der Waals surface area contributed by atoms with Crippen LogP contribution in [0.5, 0.6) is 5.75 Å². The van der Waals surface area contributed by atoms with Gasteiger partial charge >= 0.3 is 0 Å². The van der Waals surface area contributed by atoms with Gasteiger partial charge < -0.3 is 4.74 Å². The van der Waals surface area contributed by atoms with Crippen molar-refractivity contribution in [3.8, 4) is 5.75 Å². The SMILES string of the molecule is C1=Cc2ccccc2OC1.[Ti].[Zn]. The van der Waals surface area contributed by atoms with Crippen molar-refractivity contribution in [3.63, 3.8) is 0 Å². The monoisotopic (exact) mass is 244 g/mol. The zero-order valence-electron chi connectivity index (χ0n) is 6.79. The summed E-state index contributed by atoms with van der Waals surface area (Å²) in [5.41, 5.74) is 1.17. The van der Waals surface area contributed by atoms with Crippen molar-refractivity contribution >= 4 is 6.08 Å². The molecule has 1 aliphatic heterocycles. The zero-order valence-corrected chi connectivity index (χ0v) is 11.3. The molecule has 0 aliphatic carbocycles. The summed E-state index contributed by atoms with van der Waals surface area (Å²) in [6.07, 6.45) is 4.10. The minimum atomic E-state index is 0. The summed E-state index contributed by atoms with van der Waals surface area (Å²) < 4.78 is 5.34. The second kappa shape index (κ2) is 5.69. The van der Waals surface area contributed by atoms with E-state index in [1.54, 1.807) is 0 Å². The first-order valence-corrected chi connectivity index (χ1v) is 3.35. The number of ether oxygens (including phenoxy) is 1. The fourth-order valence-corrected chi connectivity index (χ4v) is 1.06. The molecule has 0 amide bonds. The average molecular weight is 245 g/mol. The van der Waals surface area contributed by atoms with E-state index >= 15 is 0 Å². The predicted octanol–water partition coefficient (Wildman–Crippen LogP) is 2.09. The Morgan fingerprint density at radius 2 is 1.92 bits per heavy atom. The number of hydrogen-bond donors (Lipinski definition) is 0. The van der Waals surface area contributed by atoms with Crippen LogP contribution in [0.3, 0.4) is 0 Å². The van der Waals surface area contributed by atoms with E-state index in [1.807, 2.05) is 30.3 Å². The molecule has 0 radical (unpaired) electrons. The first-order chi connectivity index (χ1) is 4.97. The van der Waals surface area contributed by atoms with Crippen LogP contribution in [0.15, 0.2) is 30.3 Å². The minimum Gasteiger partial charge on any atom is -0.489 e. The van der Waals surface area contributed by atoms with Crippen molar-refractivity contribution in [2.24, 2.45) is 0 Å². The van der Waals surface area contributed by atoms with Crippen LogP contribution in [0.1, 0.15) is 5.56 Å². The number of fused-ring (bicyclic) bond motifs is 1. The summed E-state index contributed by atoms with van der Waals surface area (Å²) >= 11 is 0. The Morgan fingerprint density at radius 1 is 1.17 bits per heavy atom. The summed E-state index contributed by atoms with van der Waals surface area (Å²) in [6, 6.07) is 8.03. The molecular weight excluding hydrogens is 237 g/mol. The summed E-state index contributed by atoms with van der Waals surface area (Å²) in [4.78, 5) is 0. The van der Waals surface area contributed by atoms with Gasteiger partial charge in [0.15, 0.2) is 0 Å². The van der Waals surface area contributed by atoms with Gasteiger partial charge in [0.25, 0.3) is 0 Å². The van der Waals surface area contributed by atoms with Crippen molar-refractivity contribution in [1.29, 1.82) is 0 Å². The molecule has 12 heavy (non-hydrogen) atoms. The van der Waals surface area contributed by atoms with Gasteiger partial charge in [-0.25, -0.2) is 0 Å². The molecule has 0 aromatic heterocycles. The molecule has 2 rings (SSSR count). The van der Waals surface area contributed by atoms with E-state index in [-0.39, 0.29) is 41.2 Å². The molecule has 0 bridgehead atoms. The first-order valence-electron chi connectivity index (χ1n) is 3.35. The average Bonchev–Trinajstić information content (AvgIpc) is 2.05. The molecule has 0 saturated heterocycles. The quantitative estimate of drug-likeness (QED) is 0.636. The third kappa shape index (κ3) is 2.55. The summed E-state index contributed by atoms with van der Waals surface area (Å²) in [5.74, 6) is 0.991. The van der Waals surface area contributed by atoms with Crippen LogP contribution in [0.2, 0.25) is 0 Å². The predicted molar refractivity (Wildman–Crippen MR) is 41.0 cm³/mol. The molecule has 0 saturated carbocycles. The number of benzene rings is 1. The summed E-state index contributed by atoms with van der Waals surface area (Å²) in [6.45, 7) is 0.705. The van der Waals surface area contributed by atoms with Gasteiger partial charge in [0.1, 0.15) is 12.4 Å². The zero-order chi connectivity index (χ0) is 6.81. The van der Waals surface area contributed by atoms with E-state index in [0.29, 0.717) is 6.61 Å². The van der Waals surface area contributed by atoms with E-state index in [0.717, 1.165) is 5.75 Å². The largest absolute Gasteiger partial charge is 0.489 e. The Bertz CT molecular complexity index is 273. The number of rotatable bonds is 0. The molecule has 1 heterocycles. The summed E-state index contributed by atoms with van der Waals surface area (Å²) in [7, 11) is 0. The third-order valence-electron chi connectivity index (χ3n) is 1.55. The Kier molecular flexibility index (Phi) is 5.74. The van der Waals surface area contributed by atoms with Gasteiger partial charge in [-0.2, -0.15) is 0 Å². The normalized spacial score (nSPS) is 11.7. The van der Waals surface area contributed by atoms with Crippen molar-refractivity contribution in [2.75, 3.05) is 6.61 Å². The van der Waals surface area contributed by atoms with Crippen LogP contribution in [0.25, 0.3) is 6.08 Å². The second-order valence-electron chi connectivity index (χ2n) is 2.25. The van der Waals surface area contributed by atoms with Gasteiger partial charge in [-0.1, -0.05) is 24.3 Å². The molecule has 1 aliphatic rings.